The van der Waals surface area contributed by atoms with E-state index in [0.717, 1.165) is 18.2 Å². The fourth-order valence-corrected chi connectivity index (χ4v) is 3.55. The van der Waals surface area contributed by atoms with Crippen LogP contribution in [0.3, 0.4) is 0 Å². The first kappa shape index (κ1) is 19.8. The SMILES string of the molecule is CC(=O)N[C@H]1CCC[C@H](OC(=O)c2cc([N+](=O)[O-])cc([N+](=O)[O-])c2)[C@@H]1Br. The molecule has 1 aliphatic rings. The molecule has 0 spiro atoms. The number of halogens is 1. The zero-order valence-corrected chi connectivity index (χ0v) is 15.3. The Balaban J connectivity index is 2.19. The number of carbonyl (C=O) groups excluding carboxylic acids is 2. The van der Waals surface area contributed by atoms with E-state index in [4.69, 9.17) is 4.74 Å². The predicted molar refractivity (Wildman–Crippen MR) is 93.1 cm³/mol. The van der Waals surface area contributed by atoms with Gasteiger partial charge >= 0.3 is 5.97 Å². The van der Waals surface area contributed by atoms with Crippen molar-refractivity contribution in [1.82, 2.24) is 5.32 Å². The number of carbonyl (C=O) groups is 2. The van der Waals surface area contributed by atoms with Crippen LogP contribution in [0, 0.1) is 20.2 Å². The van der Waals surface area contributed by atoms with Crippen molar-refractivity contribution in [1.29, 1.82) is 0 Å². The van der Waals surface area contributed by atoms with Crippen LogP contribution in [0.15, 0.2) is 18.2 Å². The van der Waals surface area contributed by atoms with E-state index >= 15 is 0 Å². The number of amides is 1. The Morgan fingerprint density at radius 2 is 1.73 bits per heavy atom. The lowest BCUT2D eigenvalue weighted by Crippen LogP contribution is -2.48. The summed E-state index contributed by atoms with van der Waals surface area (Å²) in [6.07, 6.45) is 1.38. The van der Waals surface area contributed by atoms with E-state index in [1.807, 2.05) is 0 Å². The smallest absolute Gasteiger partial charge is 0.338 e. The predicted octanol–water partition coefficient (Wildman–Crippen LogP) is 2.48. The molecule has 2 rings (SSSR count). The van der Waals surface area contributed by atoms with Crippen molar-refractivity contribution in [3.63, 3.8) is 0 Å². The van der Waals surface area contributed by atoms with E-state index in [0.29, 0.717) is 19.3 Å². The lowest BCUT2D eigenvalue weighted by atomic mass is 9.92. The largest absolute Gasteiger partial charge is 0.458 e. The number of hydrogen-bond acceptors (Lipinski definition) is 7. The van der Waals surface area contributed by atoms with Gasteiger partial charge in [0.2, 0.25) is 5.91 Å². The molecule has 1 saturated carbocycles. The molecule has 0 unspecified atom stereocenters. The van der Waals surface area contributed by atoms with Crippen LogP contribution < -0.4 is 5.32 Å². The minimum Gasteiger partial charge on any atom is -0.458 e. The summed E-state index contributed by atoms with van der Waals surface area (Å²) < 4.78 is 5.39. The molecule has 0 saturated heterocycles. The van der Waals surface area contributed by atoms with Gasteiger partial charge in [0, 0.05) is 25.1 Å². The minimum absolute atomic E-state index is 0.208. The molecule has 10 nitrogen and oxygen atoms in total. The summed E-state index contributed by atoms with van der Waals surface area (Å²) in [6, 6.07) is 2.43. The van der Waals surface area contributed by atoms with E-state index in [1.54, 1.807) is 0 Å². The lowest BCUT2D eigenvalue weighted by molar-refractivity contribution is -0.394. The zero-order valence-electron chi connectivity index (χ0n) is 13.7. The second-order valence-corrected chi connectivity index (χ2v) is 6.94. The Labute approximate surface area is 156 Å². The normalized spacial score (nSPS) is 22.3. The van der Waals surface area contributed by atoms with Gasteiger partial charge in [-0.1, -0.05) is 15.9 Å². The first-order valence-electron chi connectivity index (χ1n) is 7.75. The number of nitrogens with zero attached hydrogens (tertiary/aromatic N) is 2. The number of nitrogens with one attached hydrogen (secondary N) is 1. The maximum atomic E-state index is 12.4. The van der Waals surface area contributed by atoms with Crippen LogP contribution in [0.2, 0.25) is 0 Å². The van der Waals surface area contributed by atoms with Gasteiger partial charge in [-0.05, 0) is 19.3 Å². The van der Waals surface area contributed by atoms with Gasteiger partial charge in [0.05, 0.1) is 26.3 Å². The van der Waals surface area contributed by atoms with E-state index < -0.39 is 33.3 Å². The van der Waals surface area contributed by atoms with Gasteiger partial charge in [0.15, 0.2) is 0 Å². The third-order valence-corrected chi connectivity index (χ3v) is 5.18. The monoisotopic (exact) mass is 429 g/mol. The van der Waals surface area contributed by atoms with Gasteiger partial charge in [-0.3, -0.25) is 25.0 Å². The van der Waals surface area contributed by atoms with E-state index in [9.17, 15) is 29.8 Å². The highest BCUT2D eigenvalue weighted by molar-refractivity contribution is 9.09. The second-order valence-electron chi connectivity index (χ2n) is 5.88. The number of ether oxygens (including phenoxy) is 1. The zero-order chi connectivity index (χ0) is 19.4. The lowest BCUT2D eigenvalue weighted by Gasteiger charge is -2.34. The van der Waals surface area contributed by atoms with Crippen LogP contribution in [0.5, 0.6) is 0 Å². The summed E-state index contributed by atoms with van der Waals surface area (Å²) in [7, 11) is 0. The highest BCUT2D eigenvalue weighted by atomic mass is 79.9. The molecule has 0 radical (unpaired) electrons. The van der Waals surface area contributed by atoms with Crippen LogP contribution >= 0.6 is 15.9 Å². The summed E-state index contributed by atoms with van der Waals surface area (Å²) in [4.78, 5) is 43.5. The van der Waals surface area contributed by atoms with Gasteiger partial charge in [-0.25, -0.2) is 4.79 Å². The molecule has 140 valence electrons. The third-order valence-electron chi connectivity index (χ3n) is 3.95. The van der Waals surface area contributed by atoms with Crippen LogP contribution in [0.4, 0.5) is 11.4 Å². The Bertz CT molecular complexity index is 723. The van der Waals surface area contributed by atoms with Crippen molar-refractivity contribution in [2.75, 3.05) is 0 Å². The van der Waals surface area contributed by atoms with Crippen LogP contribution in [0.1, 0.15) is 36.5 Å². The molecule has 0 aliphatic heterocycles. The van der Waals surface area contributed by atoms with E-state index in [1.165, 1.54) is 6.92 Å². The van der Waals surface area contributed by atoms with Crippen molar-refractivity contribution in [3.8, 4) is 0 Å². The summed E-state index contributed by atoms with van der Waals surface area (Å²) in [6.45, 7) is 1.39. The molecule has 0 bridgehead atoms. The summed E-state index contributed by atoms with van der Waals surface area (Å²) in [5, 5.41) is 24.6. The molecule has 1 aromatic carbocycles. The maximum absolute atomic E-state index is 12.4. The number of hydrogen-bond donors (Lipinski definition) is 1. The standard InChI is InChI=1S/C15H16BrN3O7/c1-8(20)17-12-3-2-4-13(14(12)16)26-15(21)9-5-10(18(22)23)7-11(6-9)19(24)25/h5-7,12-14H,2-4H2,1H3,(H,17,20)/t12-,13-,14+/m0/s1. The van der Waals surface area contributed by atoms with Gasteiger partial charge in [-0.2, -0.15) is 0 Å². The quantitative estimate of drug-likeness (QED) is 0.327. The second kappa shape index (κ2) is 8.21. The van der Waals surface area contributed by atoms with Crippen LogP contribution in [-0.2, 0) is 9.53 Å². The Morgan fingerprint density at radius 1 is 1.15 bits per heavy atom. The molecular formula is C15H16BrN3O7. The van der Waals surface area contributed by atoms with Crippen molar-refractivity contribution in [2.24, 2.45) is 0 Å². The molecule has 1 aliphatic carbocycles. The van der Waals surface area contributed by atoms with Gasteiger partial charge in [0.1, 0.15) is 6.10 Å². The molecule has 1 N–H and O–H groups in total. The molecule has 11 heteroatoms. The topological polar surface area (TPSA) is 142 Å². The minimum atomic E-state index is -0.894. The fourth-order valence-electron chi connectivity index (χ4n) is 2.78. The number of esters is 1. The number of non-ortho nitro benzene ring substituents is 2. The Kier molecular flexibility index (Phi) is 6.24. The number of benzene rings is 1. The molecule has 1 amide bonds. The maximum Gasteiger partial charge on any atom is 0.338 e. The van der Waals surface area contributed by atoms with Gasteiger partial charge in [-0.15, -0.1) is 0 Å². The van der Waals surface area contributed by atoms with E-state index in [2.05, 4.69) is 21.2 Å². The van der Waals surface area contributed by atoms with Crippen LogP contribution in [-0.4, -0.2) is 38.7 Å². The van der Waals surface area contributed by atoms with Crippen molar-refractivity contribution >= 4 is 39.2 Å². The molecule has 0 heterocycles. The van der Waals surface area contributed by atoms with Crippen LogP contribution in [0.25, 0.3) is 0 Å². The first-order chi connectivity index (χ1) is 12.2. The number of nitro benzene ring substituents is 2. The first-order valence-corrected chi connectivity index (χ1v) is 8.66. The molecule has 0 aromatic heterocycles. The highest BCUT2D eigenvalue weighted by Gasteiger charge is 2.35. The van der Waals surface area contributed by atoms with Crippen molar-refractivity contribution in [2.45, 2.75) is 43.2 Å². The summed E-state index contributed by atoms with van der Waals surface area (Å²) in [5.41, 5.74) is -1.41. The molecular weight excluding hydrogens is 414 g/mol. The molecule has 1 fully saturated rings. The van der Waals surface area contributed by atoms with Gasteiger partial charge < -0.3 is 10.1 Å². The van der Waals surface area contributed by atoms with E-state index in [-0.39, 0.29) is 22.3 Å². The van der Waals surface area contributed by atoms with Crippen molar-refractivity contribution in [3.05, 3.63) is 44.0 Å². The highest BCUT2D eigenvalue weighted by Crippen LogP contribution is 2.29. The summed E-state index contributed by atoms with van der Waals surface area (Å²) in [5.74, 6) is -1.10. The van der Waals surface area contributed by atoms with Gasteiger partial charge in [0.25, 0.3) is 11.4 Å². The number of rotatable bonds is 5. The number of alkyl halides is 1. The number of nitro groups is 2. The average Bonchev–Trinajstić information content (AvgIpc) is 2.57. The molecule has 3 atom stereocenters. The average molecular weight is 430 g/mol. The Morgan fingerprint density at radius 3 is 2.23 bits per heavy atom. The third kappa shape index (κ3) is 4.75. The fraction of sp³-hybridized carbons (Fsp3) is 0.467. The van der Waals surface area contributed by atoms with Crippen molar-refractivity contribution < 1.29 is 24.2 Å². The Hall–Kier alpha value is -2.56. The molecule has 1 aromatic rings. The summed E-state index contributed by atoms with van der Waals surface area (Å²) >= 11 is 3.42. The molecule has 26 heavy (non-hydrogen) atoms.